The van der Waals surface area contributed by atoms with Crippen molar-refractivity contribution in [3.8, 4) is 0 Å². The molecule has 1 aliphatic heterocycles. The molecule has 0 radical (unpaired) electrons. The number of ether oxygens (including phenoxy) is 1. The molecule has 5 heteroatoms. The van der Waals surface area contributed by atoms with Crippen molar-refractivity contribution in [2.75, 3.05) is 23.0 Å². The molecule has 130 valence electrons. The van der Waals surface area contributed by atoms with Gasteiger partial charge in [-0.25, -0.2) is 4.79 Å². The normalized spacial score (nSPS) is 16.6. The van der Waals surface area contributed by atoms with Crippen molar-refractivity contribution < 1.29 is 14.3 Å². The van der Waals surface area contributed by atoms with Gasteiger partial charge in [0.15, 0.2) is 0 Å². The van der Waals surface area contributed by atoms with Gasteiger partial charge in [0, 0.05) is 6.54 Å². The first kappa shape index (κ1) is 17.0. The number of carbonyl (C=O) groups is 2. The van der Waals surface area contributed by atoms with Crippen LogP contribution >= 0.6 is 0 Å². The molecule has 25 heavy (non-hydrogen) atoms. The van der Waals surface area contributed by atoms with Crippen LogP contribution in [0.25, 0.3) is 0 Å². The summed E-state index contributed by atoms with van der Waals surface area (Å²) in [6.45, 7) is 4.90. The fourth-order valence-corrected chi connectivity index (χ4v) is 3.21. The van der Waals surface area contributed by atoms with Crippen molar-refractivity contribution in [2.45, 2.75) is 26.4 Å². The van der Waals surface area contributed by atoms with Crippen molar-refractivity contribution in [1.29, 1.82) is 0 Å². The molecule has 1 aliphatic rings. The van der Waals surface area contributed by atoms with Gasteiger partial charge in [0.2, 0.25) is 6.04 Å². The number of rotatable bonds is 5. The van der Waals surface area contributed by atoms with Gasteiger partial charge in [0.25, 0.3) is 5.91 Å². The van der Waals surface area contributed by atoms with Crippen molar-refractivity contribution in [2.24, 2.45) is 0 Å². The molecule has 2 aromatic carbocycles. The zero-order valence-corrected chi connectivity index (χ0v) is 14.5. The van der Waals surface area contributed by atoms with Crippen LogP contribution in [-0.2, 0) is 20.9 Å². The minimum atomic E-state index is -0.941. The second-order valence-corrected chi connectivity index (χ2v) is 5.84. The Morgan fingerprint density at radius 3 is 2.28 bits per heavy atom. The second kappa shape index (κ2) is 7.38. The molecule has 1 amide bonds. The number of para-hydroxylation sites is 2. The highest BCUT2D eigenvalue weighted by molar-refractivity contribution is 6.16. The van der Waals surface area contributed by atoms with E-state index in [0.717, 1.165) is 16.9 Å². The van der Waals surface area contributed by atoms with E-state index in [9.17, 15) is 9.59 Å². The molecule has 0 spiro atoms. The molecule has 0 aromatic heterocycles. The first-order chi connectivity index (χ1) is 12.2. The lowest BCUT2D eigenvalue weighted by Crippen LogP contribution is -2.57. The molecule has 0 saturated carbocycles. The Bertz CT molecular complexity index is 761. The lowest BCUT2D eigenvalue weighted by atomic mass is 10.0. The van der Waals surface area contributed by atoms with Crippen LogP contribution in [0.4, 0.5) is 11.4 Å². The highest BCUT2D eigenvalue weighted by atomic mass is 16.5. The average Bonchev–Trinajstić information content (AvgIpc) is 2.64. The minimum absolute atomic E-state index is 0.247. The number of hydrogen-bond donors (Lipinski definition) is 0. The van der Waals surface area contributed by atoms with Crippen LogP contribution in [0, 0.1) is 0 Å². The van der Waals surface area contributed by atoms with Crippen LogP contribution in [0.2, 0.25) is 0 Å². The number of nitrogens with zero attached hydrogens (tertiary/aromatic N) is 2. The molecule has 0 N–H and O–H groups in total. The number of carbonyl (C=O) groups excluding carboxylic acids is 2. The minimum Gasteiger partial charge on any atom is -0.464 e. The third kappa shape index (κ3) is 3.22. The summed E-state index contributed by atoms with van der Waals surface area (Å²) in [5.74, 6) is -0.746. The molecule has 3 rings (SSSR count). The standard InChI is InChI=1S/C20H22N2O3/c1-3-21-16-12-8-9-13-17(16)22(14-15-10-6-5-7-11-15)19(23)18(21)20(24)25-4-2/h5-13,18H,3-4,14H2,1-2H3. The Labute approximate surface area is 147 Å². The largest absolute Gasteiger partial charge is 0.464 e. The summed E-state index contributed by atoms with van der Waals surface area (Å²) in [6, 6.07) is 16.5. The summed E-state index contributed by atoms with van der Waals surface area (Å²) in [4.78, 5) is 29.1. The summed E-state index contributed by atoms with van der Waals surface area (Å²) < 4.78 is 5.17. The number of likely N-dealkylation sites (N-methyl/N-ethyl adjacent to an activating group) is 1. The van der Waals surface area contributed by atoms with Gasteiger partial charge in [-0.1, -0.05) is 42.5 Å². The van der Waals surface area contributed by atoms with E-state index in [-0.39, 0.29) is 12.5 Å². The molecular weight excluding hydrogens is 316 g/mol. The SMILES string of the molecule is CCOC(=O)C1C(=O)N(Cc2ccccc2)c2ccccc2N1CC. The Morgan fingerprint density at radius 1 is 1.00 bits per heavy atom. The van der Waals surface area contributed by atoms with Crippen molar-refractivity contribution in [3.63, 3.8) is 0 Å². The summed E-state index contributed by atoms with van der Waals surface area (Å²) in [7, 11) is 0. The molecule has 0 fully saturated rings. The number of hydrogen-bond acceptors (Lipinski definition) is 4. The number of benzene rings is 2. The fraction of sp³-hybridized carbons (Fsp3) is 0.300. The van der Waals surface area contributed by atoms with Gasteiger partial charge in [-0.3, -0.25) is 4.79 Å². The third-order valence-electron chi connectivity index (χ3n) is 4.33. The molecule has 0 bridgehead atoms. The summed E-state index contributed by atoms with van der Waals surface area (Å²) in [5.41, 5.74) is 2.70. The van der Waals surface area contributed by atoms with E-state index in [1.54, 1.807) is 11.8 Å². The van der Waals surface area contributed by atoms with E-state index in [4.69, 9.17) is 4.74 Å². The van der Waals surface area contributed by atoms with Crippen molar-refractivity contribution >= 4 is 23.3 Å². The van der Waals surface area contributed by atoms with Gasteiger partial charge in [0.1, 0.15) is 0 Å². The van der Waals surface area contributed by atoms with Gasteiger partial charge in [0.05, 0.1) is 24.5 Å². The lowest BCUT2D eigenvalue weighted by Gasteiger charge is -2.41. The Kier molecular flexibility index (Phi) is 5.03. The van der Waals surface area contributed by atoms with E-state index < -0.39 is 12.0 Å². The van der Waals surface area contributed by atoms with Gasteiger partial charge in [-0.15, -0.1) is 0 Å². The Hall–Kier alpha value is -2.82. The van der Waals surface area contributed by atoms with Crippen LogP contribution < -0.4 is 9.80 Å². The third-order valence-corrected chi connectivity index (χ3v) is 4.33. The van der Waals surface area contributed by atoms with Gasteiger partial charge < -0.3 is 14.5 Å². The molecule has 0 aliphatic carbocycles. The molecule has 1 unspecified atom stereocenters. The van der Waals surface area contributed by atoms with Gasteiger partial charge >= 0.3 is 5.97 Å². The first-order valence-electron chi connectivity index (χ1n) is 8.55. The number of anilines is 2. The van der Waals surface area contributed by atoms with E-state index in [1.807, 2.05) is 66.4 Å². The van der Waals surface area contributed by atoms with Gasteiger partial charge in [-0.2, -0.15) is 0 Å². The second-order valence-electron chi connectivity index (χ2n) is 5.84. The highest BCUT2D eigenvalue weighted by Gasteiger charge is 2.42. The molecular formula is C20H22N2O3. The van der Waals surface area contributed by atoms with Gasteiger partial charge in [-0.05, 0) is 31.5 Å². The molecule has 2 aromatic rings. The maximum atomic E-state index is 13.2. The first-order valence-corrected chi connectivity index (χ1v) is 8.55. The van der Waals surface area contributed by atoms with E-state index >= 15 is 0 Å². The smallest absolute Gasteiger partial charge is 0.338 e. The lowest BCUT2D eigenvalue weighted by molar-refractivity contribution is -0.147. The van der Waals surface area contributed by atoms with E-state index in [2.05, 4.69) is 0 Å². The predicted octanol–water partition coefficient (Wildman–Crippen LogP) is 2.99. The summed E-state index contributed by atoms with van der Waals surface area (Å²) in [6.07, 6.45) is 0. The highest BCUT2D eigenvalue weighted by Crippen LogP contribution is 2.37. The number of fused-ring (bicyclic) bond motifs is 1. The van der Waals surface area contributed by atoms with Crippen LogP contribution in [-0.4, -0.2) is 31.1 Å². The molecule has 0 saturated heterocycles. The van der Waals surface area contributed by atoms with E-state index in [0.29, 0.717) is 13.1 Å². The molecule has 1 atom stereocenters. The monoisotopic (exact) mass is 338 g/mol. The molecule has 5 nitrogen and oxygen atoms in total. The zero-order chi connectivity index (χ0) is 17.8. The van der Waals surface area contributed by atoms with Crippen LogP contribution in [0.15, 0.2) is 54.6 Å². The maximum absolute atomic E-state index is 13.2. The molecule has 1 heterocycles. The van der Waals surface area contributed by atoms with Crippen LogP contribution in [0.3, 0.4) is 0 Å². The summed E-state index contributed by atoms with van der Waals surface area (Å²) >= 11 is 0. The predicted molar refractivity (Wildman–Crippen MR) is 97.5 cm³/mol. The van der Waals surface area contributed by atoms with Crippen LogP contribution in [0.5, 0.6) is 0 Å². The Morgan fingerprint density at radius 2 is 1.64 bits per heavy atom. The zero-order valence-electron chi connectivity index (χ0n) is 14.5. The summed E-state index contributed by atoms with van der Waals surface area (Å²) in [5, 5.41) is 0. The van der Waals surface area contributed by atoms with E-state index in [1.165, 1.54) is 0 Å². The number of amides is 1. The average molecular weight is 338 g/mol. The number of esters is 1. The maximum Gasteiger partial charge on any atom is 0.338 e. The fourth-order valence-electron chi connectivity index (χ4n) is 3.21. The quantitative estimate of drug-likeness (QED) is 0.621. The topological polar surface area (TPSA) is 49.9 Å². The van der Waals surface area contributed by atoms with Crippen LogP contribution in [0.1, 0.15) is 19.4 Å². The van der Waals surface area contributed by atoms with Crippen molar-refractivity contribution in [1.82, 2.24) is 0 Å². The Balaban J connectivity index is 2.04. The van der Waals surface area contributed by atoms with Crippen molar-refractivity contribution in [3.05, 3.63) is 60.2 Å².